The van der Waals surface area contributed by atoms with Crippen molar-refractivity contribution in [3.63, 3.8) is 0 Å². The van der Waals surface area contributed by atoms with Crippen molar-refractivity contribution in [3.8, 4) is 11.3 Å². The van der Waals surface area contributed by atoms with Gasteiger partial charge in [-0.2, -0.15) is 0 Å². The van der Waals surface area contributed by atoms with Gasteiger partial charge in [-0.25, -0.2) is 9.37 Å². The van der Waals surface area contributed by atoms with Crippen LogP contribution in [0.25, 0.3) is 11.3 Å². The molecule has 0 spiro atoms. The zero-order valence-corrected chi connectivity index (χ0v) is 13.2. The van der Waals surface area contributed by atoms with Gasteiger partial charge in [-0.3, -0.25) is 9.78 Å². The number of halogens is 1. The Morgan fingerprint density at radius 2 is 2.00 bits per heavy atom. The van der Waals surface area contributed by atoms with E-state index < -0.39 is 0 Å². The third kappa shape index (κ3) is 3.65. The number of nitrogens with one attached hydrogen (secondary N) is 1. The van der Waals surface area contributed by atoms with Gasteiger partial charge in [-0.15, -0.1) is 0 Å². The number of hydrogen-bond acceptors (Lipinski definition) is 4. The lowest BCUT2D eigenvalue weighted by atomic mass is 10.1. The topological polar surface area (TPSA) is 58.6 Å². The van der Waals surface area contributed by atoms with Gasteiger partial charge in [0.2, 0.25) is 0 Å². The molecule has 6 heteroatoms. The molecule has 0 amide bonds. The molecular weight excluding hydrogens is 313 g/mol. The first kappa shape index (κ1) is 15.4. The summed E-state index contributed by atoms with van der Waals surface area (Å²) in [7, 11) is 0. The van der Waals surface area contributed by atoms with Crippen molar-refractivity contribution < 1.29 is 4.39 Å². The van der Waals surface area contributed by atoms with Crippen molar-refractivity contribution in [2.24, 2.45) is 0 Å². The molecule has 0 aliphatic carbocycles. The lowest BCUT2D eigenvalue weighted by molar-refractivity contribution is 0.619. The Hall–Kier alpha value is -2.47. The van der Waals surface area contributed by atoms with Crippen LogP contribution in [0.2, 0.25) is 0 Å². The minimum absolute atomic E-state index is 0.168. The summed E-state index contributed by atoms with van der Waals surface area (Å²) in [5, 5.41) is 0.503. The molecule has 0 atom stereocenters. The van der Waals surface area contributed by atoms with Crippen molar-refractivity contribution in [2.45, 2.75) is 17.8 Å². The molecule has 3 aromatic rings. The van der Waals surface area contributed by atoms with Crippen LogP contribution in [0.15, 0.2) is 58.7 Å². The Morgan fingerprint density at radius 1 is 1.22 bits per heavy atom. The van der Waals surface area contributed by atoms with Gasteiger partial charge in [0, 0.05) is 23.1 Å². The first-order valence-corrected chi connectivity index (χ1v) is 8.00. The number of aromatic amines is 1. The summed E-state index contributed by atoms with van der Waals surface area (Å²) in [6.07, 6.45) is 2.76. The second kappa shape index (κ2) is 6.75. The normalized spacial score (nSPS) is 10.7. The summed E-state index contributed by atoms with van der Waals surface area (Å²) in [4.78, 5) is 23.2. The van der Waals surface area contributed by atoms with E-state index in [1.165, 1.54) is 17.8 Å². The minimum atomic E-state index is -0.376. The second-order valence-corrected chi connectivity index (χ2v) is 5.97. The summed E-state index contributed by atoms with van der Waals surface area (Å²) in [5.74, 6) is 0.101. The summed E-state index contributed by atoms with van der Waals surface area (Å²) in [6, 6.07) is 11.0. The SMILES string of the molecule is Cc1c(-c2ccccc2)nc(SCc2cncc(F)c2)[nH]c1=O. The van der Waals surface area contributed by atoms with Gasteiger partial charge in [0.25, 0.3) is 5.56 Å². The Kier molecular flexibility index (Phi) is 4.52. The number of H-pyrrole nitrogens is 1. The van der Waals surface area contributed by atoms with E-state index in [9.17, 15) is 9.18 Å². The first-order chi connectivity index (χ1) is 11.1. The van der Waals surface area contributed by atoms with Crippen LogP contribution in [0.4, 0.5) is 4.39 Å². The molecule has 0 fully saturated rings. The number of aromatic nitrogens is 3. The van der Waals surface area contributed by atoms with E-state index in [-0.39, 0.29) is 11.4 Å². The van der Waals surface area contributed by atoms with Crippen molar-refractivity contribution in [2.75, 3.05) is 0 Å². The molecule has 4 nitrogen and oxygen atoms in total. The van der Waals surface area contributed by atoms with Gasteiger partial charge >= 0.3 is 0 Å². The third-order valence-electron chi connectivity index (χ3n) is 3.31. The van der Waals surface area contributed by atoms with Crippen molar-refractivity contribution >= 4 is 11.8 Å². The zero-order valence-electron chi connectivity index (χ0n) is 12.4. The van der Waals surface area contributed by atoms with E-state index in [0.29, 0.717) is 22.2 Å². The van der Waals surface area contributed by atoms with Crippen molar-refractivity contribution in [1.29, 1.82) is 0 Å². The number of hydrogen-bond donors (Lipinski definition) is 1. The predicted molar refractivity (Wildman–Crippen MR) is 88.8 cm³/mol. The maximum absolute atomic E-state index is 13.2. The highest BCUT2D eigenvalue weighted by molar-refractivity contribution is 7.98. The fraction of sp³-hybridized carbons (Fsp3) is 0.118. The molecular formula is C17H14FN3OS. The van der Waals surface area contributed by atoms with E-state index in [1.807, 2.05) is 30.3 Å². The molecule has 3 rings (SSSR count). The molecule has 0 aliphatic heterocycles. The van der Waals surface area contributed by atoms with Crippen LogP contribution < -0.4 is 5.56 Å². The highest BCUT2D eigenvalue weighted by atomic mass is 32.2. The third-order valence-corrected chi connectivity index (χ3v) is 4.26. The molecule has 1 N–H and O–H groups in total. The van der Waals surface area contributed by atoms with Gasteiger partial charge < -0.3 is 4.98 Å². The molecule has 0 saturated heterocycles. The number of benzene rings is 1. The van der Waals surface area contributed by atoms with Crippen LogP contribution >= 0.6 is 11.8 Å². The average molecular weight is 327 g/mol. The molecule has 116 valence electrons. The smallest absolute Gasteiger partial charge is 0.255 e. The Morgan fingerprint density at radius 3 is 2.74 bits per heavy atom. The number of thioether (sulfide) groups is 1. The largest absolute Gasteiger partial charge is 0.301 e. The quantitative estimate of drug-likeness (QED) is 0.588. The van der Waals surface area contributed by atoms with Gasteiger partial charge in [-0.1, -0.05) is 42.1 Å². The number of pyridine rings is 1. The van der Waals surface area contributed by atoms with E-state index in [4.69, 9.17) is 0 Å². The van der Waals surface area contributed by atoms with Crippen LogP contribution in [0.3, 0.4) is 0 Å². The van der Waals surface area contributed by atoms with Crippen LogP contribution in [-0.2, 0) is 5.75 Å². The molecule has 23 heavy (non-hydrogen) atoms. The Labute approximate surface area is 136 Å². The summed E-state index contributed by atoms with van der Waals surface area (Å²) in [5.41, 5.74) is 2.70. The molecule has 0 saturated carbocycles. The molecule has 0 radical (unpaired) electrons. The summed E-state index contributed by atoms with van der Waals surface area (Å²) in [6.45, 7) is 1.75. The molecule has 0 aliphatic rings. The lowest BCUT2D eigenvalue weighted by Gasteiger charge is -2.07. The zero-order chi connectivity index (χ0) is 16.2. The van der Waals surface area contributed by atoms with E-state index >= 15 is 0 Å². The second-order valence-electron chi connectivity index (χ2n) is 5.01. The van der Waals surface area contributed by atoms with Crippen LogP contribution in [0, 0.1) is 12.7 Å². The maximum atomic E-state index is 13.2. The van der Waals surface area contributed by atoms with Gasteiger partial charge in [-0.05, 0) is 18.6 Å². The van der Waals surface area contributed by atoms with E-state index in [2.05, 4.69) is 15.0 Å². The summed E-state index contributed by atoms with van der Waals surface area (Å²) >= 11 is 1.34. The van der Waals surface area contributed by atoms with Crippen LogP contribution in [0.5, 0.6) is 0 Å². The fourth-order valence-electron chi connectivity index (χ4n) is 2.14. The number of rotatable bonds is 4. The number of nitrogens with zero attached hydrogens (tertiary/aromatic N) is 2. The highest BCUT2D eigenvalue weighted by Gasteiger charge is 2.10. The fourth-order valence-corrected chi connectivity index (χ4v) is 2.93. The highest BCUT2D eigenvalue weighted by Crippen LogP contribution is 2.23. The van der Waals surface area contributed by atoms with Gasteiger partial charge in [0.05, 0.1) is 11.9 Å². The van der Waals surface area contributed by atoms with Crippen LogP contribution in [0.1, 0.15) is 11.1 Å². The van der Waals surface area contributed by atoms with E-state index in [1.54, 1.807) is 13.1 Å². The minimum Gasteiger partial charge on any atom is -0.301 e. The van der Waals surface area contributed by atoms with E-state index in [0.717, 1.165) is 17.3 Å². The van der Waals surface area contributed by atoms with Crippen LogP contribution in [-0.4, -0.2) is 15.0 Å². The Balaban J connectivity index is 1.89. The summed E-state index contributed by atoms with van der Waals surface area (Å²) < 4.78 is 13.2. The lowest BCUT2D eigenvalue weighted by Crippen LogP contribution is -2.14. The maximum Gasteiger partial charge on any atom is 0.255 e. The van der Waals surface area contributed by atoms with Crippen molar-refractivity contribution in [3.05, 3.63) is 76.1 Å². The molecule has 1 aromatic carbocycles. The standard InChI is InChI=1S/C17H14FN3OS/c1-11-15(13-5-3-2-4-6-13)20-17(21-16(11)22)23-10-12-7-14(18)9-19-8-12/h2-9H,10H2,1H3,(H,20,21,22). The molecule has 2 aromatic heterocycles. The first-order valence-electron chi connectivity index (χ1n) is 7.02. The Bertz CT molecular complexity index is 881. The molecule has 2 heterocycles. The van der Waals surface area contributed by atoms with Gasteiger partial charge in [0.15, 0.2) is 5.16 Å². The average Bonchev–Trinajstić information content (AvgIpc) is 2.57. The monoisotopic (exact) mass is 327 g/mol. The van der Waals surface area contributed by atoms with Crippen molar-refractivity contribution in [1.82, 2.24) is 15.0 Å². The molecule has 0 unspecified atom stereocenters. The predicted octanol–water partition coefficient (Wildman–Crippen LogP) is 3.57. The molecule has 0 bridgehead atoms. The van der Waals surface area contributed by atoms with Gasteiger partial charge in [0.1, 0.15) is 5.82 Å².